The third-order valence-electron chi connectivity index (χ3n) is 3.59. The van der Waals surface area contributed by atoms with Crippen LogP contribution in [-0.4, -0.2) is 27.8 Å². The van der Waals surface area contributed by atoms with E-state index < -0.39 is 0 Å². The molecule has 2 rings (SSSR count). The van der Waals surface area contributed by atoms with Gasteiger partial charge in [0, 0.05) is 19.1 Å². The van der Waals surface area contributed by atoms with Gasteiger partial charge in [0.2, 0.25) is 0 Å². The molecule has 19 heavy (non-hydrogen) atoms. The van der Waals surface area contributed by atoms with Gasteiger partial charge in [-0.2, -0.15) is 5.10 Å². The Bertz CT molecular complexity index is 452. The van der Waals surface area contributed by atoms with E-state index in [4.69, 9.17) is 5.73 Å². The molecule has 5 nitrogen and oxygen atoms in total. The molecule has 3 N–H and O–H groups in total. The minimum atomic E-state index is -0.0379. The van der Waals surface area contributed by atoms with Gasteiger partial charge in [0.25, 0.3) is 5.91 Å². The van der Waals surface area contributed by atoms with Gasteiger partial charge < -0.3 is 11.1 Å². The number of rotatable bonds is 4. The zero-order chi connectivity index (χ0) is 14.0. The SMILES string of the molecule is CC(C)Cc1cc(C(=O)N[C@@H]2CC[C@@H](N)C2)n(C)n1. The molecule has 1 aromatic heterocycles. The Kier molecular flexibility index (Phi) is 4.24. The van der Waals surface area contributed by atoms with Crippen molar-refractivity contribution in [2.75, 3.05) is 0 Å². The lowest BCUT2D eigenvalue weighted by Gasteiger charge is -2.12. The van der Waals surface area contributed by atoms with Crippen molar-refractivity contribution < 1.29 is 4.79 Å². The van der Waals surface area contributed by atoms with Gasteiger partial charge in [-0.15, -0.1) is 0 Å². The molecule has 2 atom stereocenters. The number of nitrogens with two attached hydrogens (primary N) is 1. The second kappa shape index (κ2) is 5.74. The lowest BCUT2D eigenvalue weighted by Crippen LogP contribution is -2.35. The van der Waals surface area contributed by atoms with Crippen LogP contribution in [0.1, 0.15) is 49.3 Å². The van der Waals surface area contributed by atoms with Crippen LogP contribution in [0.15, 0.2) is 6.07 Å². The van der Waals surface area contributed by atoms with Gasteiger partial charge in [0.05, 0.1) is 5.69 Å². The summed E-state index contributed by atoms with van der Waals surface area (Å²) < 4.78 is 1.67. The largest absolute Gasteiger partial charge is 0.348 e. The van der Waals surface area contributed by atoms with Crippen molar-refractivity contribution in [2.24, 2.45) is 18.7 Å². The Morgan fingerprint density at radius 2 is 2.32 bits per heavy atom. The molecular formula is C14H24N4O. The van der Waals surface area contributed by atoms with Crippen LogP contribution in [0.5, 0.6) is 0 Å². The zero-order valence-corrected chi connectivity index (χ0v) is 12.0. The summed E-state index contributed by atoms with van der Waals surface area (Å²) in [6.45, 7) is 4.29. The van der Waals surface area contributed by atoms with E-state index in [2.05, 4.69) is 24.3 Å². The molecule has 0 saturated heterocycles. The van der Waals surface area contributed by atoms with Crippen LogP contribution in [0, 0.1) is 5.92 Å². The Morgan fingerprint density at radius 1 is 1.58 bits per heavy atom. The molecule has 0 aromatic carbocycles. The second-order valence-electron chi connectivity index (χ2n) is 5.99. The zero-order valence-electron chi connectivity index (χ0n) is 12.0. The molecule has 0 radical (unpaired) electrons. The van der Waals surface area contributed by atoms with Gasteiger partial charge in [-0.1, -0.05) is 13.8 Å². The highest BCUT2D eigenvalue weighted by molar-refractivity contribution is 5.92. The van der Waals surface area contributed by atoms with E-state index in [1.807, 2.05) is 13.1 Å². The standard InChI is InChI=1S/C14H24N4O/c1-9(2)6-12-8-13(18(3)17-12)14(19)16-11-5-4-10(15)7-11/h8-11H,4-7,15H2,1-3H3,(H,16,19)/t10-,11-/m1/s1. The van der Waals surface area contributed by atoms with Gasteiger partial charge in [-0.25, -0.2) is 0 Å². The van der Waals surface area contributed by atoms with Gasteiger partial charge in [0.15, 0.2) is 0 Å². The van der Waals surface area contributed by atoms with Crippen molar-refractivity contribution in [3.05, 3.63) is 17.5 Å². The Balaban J connectivity index is 2.00. The number of nitrogens with one attached hydrogen (secondary N) is 1. The number of hydrogen-bond donors (Lipinski definition) is 2. The first-order chi connectivity index (χ1) is 8.95. The lowest BCUT2D eigenvalue weighted by molar-refractivity contribution is 0.0928. The van der Waals surface area contributed by atoms with E-state index in [-0.39, 0.29) is 18.0 Å². The van der Waals surface area contributed by atoms with Crippen LogP contribution >= 0.6 is 0 Å². The van der Waals surface area contributed by atoms with Gasteiger partial charge in [-0.05, 0) is 37.7 Å². The van der Waals surface area contributed by atoms with E-state index in [1.165, 1.54) is 0 Å². The van der Waals surface area contributed by atoms with E-state index in [0.29, 0.717) is 11.6 Å². The van der Waals surface area contributed by atoms with Crippen LogP contribution in [0.3, 0.4) is 0 Å². The summed E-state index contributed by atoms with van der Waals surface area (Å²) in [5, 5.41) is 7.45. The summed E-state index contributed by atoms with van der Waals surface area (Å²) >= 11 is 0. The first kappa shape index (κ1) is 14.1. The molecule has 1 aliphatic rings. The summed E-state index contributed by atoms with van der Waals surface area (Å²) in [4.78, 5) is 12.2. The monoisotopic (exact) mass is 264 g/mol. The quantitative estimate of drug-likeness (QED) is 0.859. The molecule has 0 unspecified atom stereocenters. The molecular weight excluding hydrogens is 240 g/mol. The smallest absolute Gasteiger partial charge is 0.269 e. The average molecular weight is 264 g/mol. The second-order valence-corrected chi connectivity index (χ2v) is 5.99. The van der Waals surface area contributed by atoms with Gasteiger partial charge in [-0.3, -0.25) is 9.48 Å². The first-order valence-corrected chi connectivity index (χ1v) is 7.05. The fourth-order valence-electron chi connectivity index (χ4n) is 2.66. The Hall–Kier alpha value is -1.36. The van der Waals surface area contributed by atoms with Crippen molar-refractivity contribution in [3.8, 4) is 0 Å². The number of amides is 1. The normalized spacial score (nSPS) is 23.0. The predicted octanol–water partition coefficient (Wildman–Crippen LogP) is 1.23. The summed E-state index contributed by atoms with van der Waals surface area (Å²) in [6.07, 6.45) is 3.75. The molecule has 5 heteroatoms. The maximum Gasteiger partial charge on any atom is 0.269 e. The van der Waals surface area contributed by atoms with Crippen molar-refractivity contribution in [2.45, 2.75) is 51.6 Å². The number of carbonyl (C=O) groups is 1. The Morgan fingerprint density at radius 3 is 2.89 bits per heavy atom. The van der Waals surface area contributed by atoms with Crippen LogP contribution in [0.25, 0.3) is 0 Å². The van der Waals surface area contributed by atoms with Gasteiger partial charge in [0.1, 0.15) is 5.69 Å². The fraction of sp³-hybridized carbons (Fsp3) is 0.714. The number of carbonyl (C=O) groups excluding carboxylic acids is 1. The number of hydrogen-bond acceptors (Lipinski definition) is 3. The van der Waals surface area contributed by atoms with Crippen LogP contribution in [-0.2, 0) is 13.5 Å². The molecule has 0 spiro atoms. The van der Waals surface area contributed by atoms with Crippen LogP contribution < -0.4 is 11.1 Å². The molecule has 106 valence electrons. The van der Waals surface area contributed by atoms with Crippen LogP contribution in [0.2, 0.25) is 0 Å². The maximum atomic E-state index is 12.2. The number of aromatic nitrogens is 2. The van der Waals surface area contributed by atoms with E-state index in [1.54, 1.807) is 4.68 Å². The minimum Gasteiger partial charge on any atom is -0.348 e. The van der Waals surface area contributed by atoms with E-state index >= 15 is 0 Å². The fourth-order valence-corrected chi connectivity index (χ4v) is 2.66. The van der Waals surface area contributed by atoms with E-state index in [9.17, 15) is 4.79 Å². The highest BCUT2D eigenvalue weighted by Gasteiger charge is 2.24. The molecule has 0 aliphatic heterocycles. The van der Waals surface area contributed by atoms with Gasteiger partial charge >= 0.3 is 0 Å². The van der Waals surface area contributed by atoms with Crippen molar-refractivity contribution >= 4 is 5.91 Å². The van der Waals surface area contributed by atoms with E-state index in [0.717, 1.165) is 31.4 Å². The number of aryl methyl sites for hydroxylation is 1. The summed E-state index contributed by atoms with van der Waals surface area (Å²) in [5.41, 5.74) is 7.47. The summed E-state index contributed by atoms with van der Waals surface area (Å²) in [6, 6.07) is 2.34. The molecule has 1 aromatic rings. The van der Waals surface area contributed by atoms with Crippen LogP contribution in [0.4, 0.5) is 0 Å². The lowest BCUT2D eigenvalue weighted by atomic mass is 10.1. The first-order valence-electron chi connectivity index (χ1n) is 7.05. The van der Waals surface area contributed by atoms with Crippen molar-refractivity contribution in [1.29, 1.82) is 0 Å². The topological polar surface area (TPSA) is 72.9 Å². The van der Waals surface area contributed by atoms with Crippen molar-refractivity contribution in [3.63, 3.8) is 0 Å². The highest BCUT2D eigenvalue weighted by Crippen LogP contribution is 2.18. The molecule has 1 heterocycles. The third-order valence-corrected chi connectivity index (χ3v) is 3.59. The molecule has 1 fully saturated rings. The average Bonchev–Trinajstić information content (AvgIpc) is 2.84. The predicted molar refractivity (Wildman–Crippen MR) is 74.8 cm³/mol. The third kappa shape index (κ3) is 3.56. The highest BCUT2D eigenvalue weighted by atomic mass is 16.2. The number of nitrogens with zero attached hydrogens (tertiary/aromatic N) is 2. The summed E-state index contributed by atoms with van der Waals surface area (Å²) in [7, 11) is 1.82. The maximum absolute atomic E-state index is 12.2. The minimum absolute atomic E-state index is 0.0379. The summed E-state index contributed by atoms with van der Waals surface area (Å²) in [5.74, 6) is 0.503. The van der Waals surface area contributed by atoms with Crippen molar-refractivity contribution in [1.82, 2.24) is 15.1 Å². The molecule has 1 saturated carbocycles. The Labute approximate surface area is 114 Å². The molecule has 1 aliphatic carbocycles. The molecule has 1 amide bonds. The molecule has 0 bridgehead atoms.